The van der Waals surface area contributed by atoms with E-state index in [1.807, 2.05) is 32.5 Å². The second-order valence-corrected chi connectivity index (χ2v) is 5.12. The van der Waals surface area contributed by atoms with E-state index in [-0.39, 0.29) is 5.92 Å². The Labute approximate surface area is 114 Å². The summed E-state index contributed by atoms with van der Waals surface area (Å²) in [5.74, 6) is 2.83. The van der Waals surface area contributed by atoms with Crippen molar-refractivity contribution >= 4 is 5.82 Å². The molecular weight excluding hydrogens is 238 g/mol. The maximum absolute atomic E-state index is 4.67. The average Bonchev–Trinajstić information content (AvgIpc) is 2.68. The van der Waals surface area contributed by atoms with E-state index in [2.05, 4.69) is 40.3 Å². The summed E-state index contributed by atoms with van der Waals surface area (Å²) >= 11 is 0. The predicted molar refractivity (Wildman–Crippen MR) is 77.0 cm³/mol. The molecule has 0 fully saturated rings. The molecule has 0 radical (unpaired) electrons. The first-order valence-electron chi connectivity index (χ1n) is 6.54. The second kappa shape index (κ2) is 4.99. The maximum atomic E-state index is 4.67. The largest absolute Gasteiger partial charge is 0.373 e. The predicted octanol–water partition coefficient (Wildman–Crippen LogP) is 2.75. The van der Waals surface area contributed by atoms with E-state index in [1.165, 1.54) is 0 Å². The van der Waals surface area contributed by atoms with Gasteiger partial charge in [0.15, 0.2) is 5.82 Å². The molecule has 0 aromatic carbocycles. The van der Waals surface area contributed by atoms with Gasteiger partial charge >= 0.3 is 0 Å². The minimum Gasteiger partial charge on any atom is -0.373 e. The van der Waals surface area contributed by atoms with Crippen LogP contribution in [0.15, 0.2) is 6.07 Å². The smallest absolute Gasteiger partial charge is 0.162 e. The lowest BCUT2D eigenvalue weighted by Crippen LogP contribution is -2.12. The maximum Gasteiger partial charge on any atom is 0.162 e. The standard InChI is InChI=1S/C14H21N5/c1-8(2)12-16-13(15-6)11(5)14(17-12)19-10(4)7-9(3)18-19/h7-8H,1-6H3,(H,15,16,17). The normalized spacial score (nSPS) is 11.1. The highest BCUT2D eigenvalue weighted by Crippen LogP contribution is 2.22. The number of anilines is 1. The number of nitrogens with zero attached hydrogens (tertiary/aromatic N) is 4. The number of hydrogen-bond acceptors (Lipinski definition) is 4. The van der Waals surface area contributed by atoms with Crippen molar-refractivity contribution in [3.05, 3.63) is 28.8 Å². The van der Waals surface area contributed by atoms with Crippen LogP contribution in [0.4, 0.5) is 5.82 Å². The zero-order valence-corrected chi connectivity index (χ0v) is 12.4. The highest BCUT2D eigenvalue weighted by atomic mass is 15.3. The van der Waals surface area contributed by atoms with E-state index in [0.717, 1.165) is 34.4 Å². The van der Waals surface area contributed by atoms with Crippen LogP contribution in [0.25, 0.3) is 5.82 Å². The van der Waals surface area contributed by atoms with Gasteiger partial charge in [0, 0.05) is 24.2 Å². The molecule has 0 bridgehead atoms. The van der Waals surface area contributed by atoms with Gasteiger partial charge in [-0.2, -0.15) is 5.10 Å². The molecule has 5 heteroatoms. The number of aromatic nitrogens is 4. The van der Waals surface area contributed by atoms with Crippen LogP contribution in [-0.2, 0) is 0 Å². The van der Waals surface area contributed by atoms with Crippen LogP contribution in [0.5, 0.6) is 0 Å². The van der Waals surface area contributed by atoms with Gasteiger partial charge in [-0.1, -0.05) is 13.8 Å². The second-order valence-electron chi connectivity index (χ2n) is 5.12. The molecule has 0 unspecified atom stereocenters. The van der Waals surface area contributed by atoms with Gasteiger partial charge in [0.05, 0.1) is 5.69 Å². The number of aryl methyl sites for hydroxylation is 2. The van der Waals surface area contributed by atoms with Gasteiger partial charge in [0.1, 0.15) is 11.6 Å². The first-order valence-corrected chi connectivity index (χ1v) is 6.54. The topological polar surface area (TPSA) is 55.6 Å². The van der Waals surface area contributed by atoms with Crippen molar-refractivity contribution in [1.82, 2.24) is 19.7 Å². The monoisotopic (exact) mass is 259 g/mol. The van der Waals surface area contributed by atoms with Crippen molar-refractivity contribution < 1.29 is 0 Å². The number of hydrogen-bond donors (Lipinski definition) is 1. The van der Waals surface area contributed by atoms with Crippen LogP contribution in [0.2, 0.25) is 0 Å². The molecule has 0 saturated carbocycles. The molecule has 2 aromatic heterocycles. The fraction of sp³-hybridized carbons (Fsp3) is 0.500. The van der Waals surface area contributed by atoms with Crippen molar-refractivity contribution in [1.29, 1.82) is 0 Å². The molecule has 0 atom stereocenters. The molecule has 2 rings (SSSR count). The van der Waals surface area contributed by atoms with Crippen LogP contribution in [0.1, 0.15) is 42.5 Å². The van der Waals surface area contributed by atoms with Crippen molar-refractivity contribution in [3.63, 3.8) is 0 Å². The lowest BCUT2D eigenvalue weighted by molar-refractivity contribution is 0.731. The third kappa shape index (κ3) is 2.45. The van der Waals surface area contributed by atoms with Crippen LogP contribution in [0, 0.1) is 20.8 Å². The minimum absolute atomic E-state index is 0.281. The summed E-state index contributed by atoms with van der Waals surface area (Å²) in [6.07, 6.45) is 0. The SMILES string of the molecule is CNc1nc(C(C)C)nc(-n2nc(C)cc2C)c1C. The molecule has 2 heterocycles. The van der Waals surface area contributed by atoms with Gasteiger partial charge in [0.2, 0.25) is 0 Å². The fourth-order valence-electron chi connectivity index (χ4n) is 2.07. The molecule has 0 aliphatic rings. The Hall–Kier alpha value is -1.91. The molecule has 2 aromatic rings. The Morgan fingerprint density at radius 1 is 1.16 bits per heavy atom. The average molecular weight is 259 g/mol. The van der Waals surface area contributed by atoms with Gasteiger partial charge in [-0.05, 0) is 26.8 Å². The highest BCUT2D eigenvalue weighted by Gasteiger charge is 2.15. The van der Waals surface area contributed by atoms with Crippen molar-refractivity contribution in [2.75, 3.05) is 12.4 Å². The Morgan fingerprint density at radius 3 is 2.32 bits per heavy atom. The summed E-state index contributed by atoms with van der Waals surface area (Å²) in [4.78, 5) is 9.22. The first-order chi connectivity index (χ1) is 8.93. The van der Waals surface area contributed by atoms with Crippen LogP contribution in [-0.4, -0.2) is 26.8 Å². The molecule has 0 amide bonds. The van der Waals surface area contributed by atoms with E-state index in [1.54, 1.807) is 0 Å². The van der Waals surface area contributed by atoms with Gasteiger partial charge in [-0.3, -0.25) is 0 Å². The summed E-state index contributed by atoms with van der Waals surface area (Å²) < 4.78 is 1.89. The Bertz CT molecular complexity index is 598. The zero-order valence-electron chi connectivity index (χ0n) is 12.4. The quantitative estimate of drug-likeness (QED) is 0.921. The van der Waals surface area contributed by atoms with Gasteiger partial charge in [-0.25, -0.2) is 14.6 Å². The molecule has 1 N–H and O–H groups in total. The van der Waals surface area contributed by atoms with Crippen LogP contribution in [0.3, 0.4) is 0 Å². The molecule has 19 heavy (non-hydrogen) atoms. The lowest BCUT2D eigenvalue weighted by atomic mass is 10.2. The van der Waals surface area contributed by atoms with E-state index >= 15 is 0 Å². The number of rotatable bonds is 3. The third-order valence-corrected chi connectivity index (χ3v) is 3.10. The van der Waals surface area contributed by atoms with Gasteiger partial charge in [-0.15, -0.1) is 0 Å². The van der Waals surface area contributed by atoms with E-state index in [0.29, 0.717) is 0 Å². The minimum atomic E-state index is 0.281. The molecule has 0 spiro atoms. The zero-order chi connectivity index (χ0) is 14.2. The molecule has 5 nitrogen and oxygen atoms in total. The number of nitrogens with one attached hydrogen (secondary N) is 1. The first kappa shape index (κ1) is 13.5. The fourth-order valence-corrected chi connectivity index (χ4v) is 2.07. The Kier molecular flexibility index (Phi) is 3.55. The summed E-state index contributed by atoms with van der Waals surface area (Å²) in [6, 6.07) is 2.05. The summed E-state index contributed by atoms with van der Waals surface area (Å²) in [5.41, 5.74) is 3.08. The summed E-state index contributed by atoms with van der Waals surface area (Å²) in [6.45, 7) is 10.2. The van der Waals surface area contributed by atoms with E-state index < -0.39 is 0 Å². The van der Waals surface area contributed by atoms with Crippen LogP contribution < -0.4 is 5.32 Å². The van der Waals surface area contributed by atoms with Crippen molar-refractivity contribution in [3.8, 4) is 5.82 Å². The highest BCUT2D eigenvalue weighted by molar-refractivity contribution is 5.51. The van der Waals surface area contributed by atoms with E-state index in [9.17, 15) is 0 Å². The molecule has 102 valence electrons. The van der Waals surface area contributed by atoms with Crippen molar-refractivity contribution in [2.24, 2.45) is 0 Å². The lowest BCUT2D eigenvalue weighted by Gasteiger charge is -2.14. The van der Waals surface area contributed by atoms with Gasteiger partial charge in [0.25, 0.3) is 0 Å². The molecular formula is C14H21N5. The molecule has 0 aliphatic carbocycles. The van der Waals surface area contributed by atoms with Crippen LogP contribution >= 0.6 is 0 Å². The molecule has 0 saturated heterocycles. The van der Waals surface area contributed by atoms with E-state index in [4.69, 9.17) is 0 Å². The summed E-state index contributed by atoms with van der Waals surface area (Å²) in [5, 5.41) is 7.65. The summed E-state index contributed by atoms with van der Waals surface area (Å²) in [7, 11) is 1.88. The van der Waals surface area contributed by atoms with Gasteiger partial charge < -0.3 is 5.32 Å². The van der Waals surface area contributed by atoms with Crippen molar-refractivity contribution in [2.45, 2.75) is 40.5 Å². The Morgan fingerprint density at radius 2 is 1.84 bits per heavy atom. The Balaban J connectivity index is 2.68. The molecule has 0 aliphatic heterocycles. The third-order valence-electron chi connectivity index (χ3n) is 3.10.